The van der Waals surface area contributed by atoms with E-state index in [2.05, 4.69) is 4.98 Å². The molecule has 6 nitrogen and oxygen atoms in total. The fourth-order valence-corrected chi connectivity index (χ4v) is 3.40. The molecule has 3 aliphatic carbocycles. The van der Waals surface area contributed by atoms with Gasteiger partial charge in [-0.1, -0.05) is 0 Å². The lowest BCUT2D eigenvalue weighted by Gasteiger charge is -2.12. The molecule has 2 heterocycles. The maximum absolute atomic E-state index is 12.9. The Hall–Kier alpha value is -1.85. The number of aromatic nitrogens is 4. The molecular weight excluding hydrogens is 292 g/mol. The minimum Gasteiger partial charge on any atom is -0.324 e. The summed E-state index contributed by atoms with van der Waals surface area (Å²) in [5.74, 6) is 1.76. The van der Waals surface area contributed by atoms with Crippen LogP contribution in [0.5, 0.6) is 0 Å². The van der Waals surface area contributed by atoms with Gasteiger partial charge in [-0.15, -0.1) is 0 Å². The number of hydrogen-bond acceptors (Lipinski definition) is 3. The molecule has 3 aliphatic rings. The fourth-order valence-electron chi connectivity index (χ4n) is 3.40. The third-order valence-electron chi connectivity index (χ3n) is 5.41. The van der Waals surface area contributed by atoms with Crippen molar-refractivity contribution in [2.24, 2.45) is 17.8 Å². The first-order valence-corrected chi connectivity index (χ1v) is 8.89. The average molecular weight is 314 g/mol. The van der Waals surface area contributed by atoms with Gasteiger partial charge < -0.3 is 4.57 Å². The molecule has 2 aromatic rings. The Morgan fingerprint density at radius 1 is 0.870 bits per heavy atom. The summed E-state index contributed by atoms with van der Waals surface area (Å²) in [5, 5.41) is 0. The highest BCUT2D eigenvalue weighted by molar-refractivity contribution is 5.70. The molecule has 23 heavy (non-hydrogen) atoms. The second-order valence-corrected chi connectivity index (χ2v) is 7.71. The zero-order valence-electron chi connectivity index (χ0n) is 13.3. The lowest BCUT2D eigenvalue weighted by Crippen LogP contribution is -2.41. The van der Waals surface area contributed by atoms with Crippen molar-refractivity contribution in [1.29, 1.82) is 0 Å². The Balaban J connectivity index is 1.70. The van der Waals surface area contributed by atoms with Gasteiger partial charge in [-0.25, -0.2) is 9.78 Å². The van der Waals surface area contributed by atoms with Crippen molar-refractivity contribution in [1.82, 2.24) is 18.7 Å². The SMILES string of the molecule is O=c1c2c(ncn2CC2CC2)n(CC2CC2)c(=O)n1CC1CC1. The molecule has 0 spiro atoms. The van der Waals surface area contributed by atoms with Gasteiger partial charge in [-0.05, 0) is 56.3 Å². The Morgan fingerprint density at radius 2 is 1.43 bits per heavy atom. The van der Waals surface area contributed by atoms with Crippen LogP contribution in [-0.4, -0.2) is 18.7 Å². The molecule has 0 aliphatic heterocycles. The molecule has 5 rings (SSSR count). The van der Waals surface area contributed by atoms with Crippen LogP contribution in [-0.2, 0) is 19.6 Å². The zero-order valence-corrected chi connectivity index (χ0v) is 13.3. The Labute approximate surface area is 133 Å². The molecule has 122 valence electrons. The molecular formula is C17H22N4O2. The van der Waals surface area contributed by atoms with Gasteiger partial charge in [0.1, 0.15) is 0 Å². The van der Waals surface area contributed by atoms with Gasteiger partial charge in [-0.2, -0.15) is 0 Å². The first-order valence-electron chi connectivity index (χ1n) is 8.89. The molecule has 0 amide bonds. The normalized spacial score (nSPS) is 21.2. The first-order chi connectivity index (χ1) is 11.2. The largest absolute Gasteiger partial charge is 0.332 e. The van der Waals surface area contributed by atoms with Gasteiger partial charge in [0.15, 0.2) is 11.2 Å². The fraction of sp³-hybridized carbons (Fsp3) is 0.706. The molecule has 3 fully saturated rings. The molecule has 0 aromatic carbocycles. The first kappa shape index (κ1) is 13.6. The van der Waals surface area contributed by atoms with Crippen molar-refractivity contribution in [3.63, 3.8) is 0 Å². The summed E-state index contributed by atoms with van der Waals surface area (Å²) in [4.78, 5) is 30.2. The second kappa shape index (κ2) is 4.82. The highest BCUT2D eigenvalue weighted by Crippen LogP contribution is 2.33. The molecule has 0 unspecified atom stereocenters. The minimum absolute atomic E-state index is 0.137. The van der Waals surface area contributed by atoms with Gasteiger partial charge in [0, 0.05) is 19.6 Å². The Kier molecular flexibility index (Phi) is 2.85. The van der Waals surface area contributed by atoms with E-state index >= 15 is 0 Å². The topological polar surface area (TPSA) is 61.8 Å². The van der Waals surface area contributed by atoms with Crippen LogP contribution in [0, 0.1) is 17.8 Å². The highest BCUT2D eigenvalue weighted by Gasteiger charge is 2.29. The van der Waals surface area contributed by atoms with Gasteiger partial charge in [-0.3, -0.25) is 13.9 Å². The van der Waals surface area contributed by atoms with Crippen molar-refractivity contribution in [2.75, 3.05) is 0 Å². The van der Waals surface area contributed by atoms with E-state index in [1.54, 1.807) is 10.9 Å². The molecule has 0 radical (unpaired) electrons. The zero-order chi connectivity index (χ0) is 15.6. The van der Waals surface area contributed by atoms with Crippen LogP contribution in [0.15, 0.2) is 15.9 Å². The predicted molar refractivity (Wildman–Crippen MR) is 86.4 cm³/mol. The van der Waals surface area contributed by atoms with Crippen LogP contribution in [0.4, 0.5) is 0 Å². The van der Waals surface area contributed by atoms with Crippen molar-refractivity contribution >= 4 is 11.2 Å². The van der Waals surface area contributed by atoms with Crippen molar-refractivity contribution in [3.8, 4) is 0 Å². The summed E-state index contributed by atoms with van der Waals surface area (Å²) >= 11 is 0. The number of nitrogens with zero attached hydrogens (tertiary/aromatic N) is 4. The number of fused-ring (bicyclic) bond motifs is 1. The van der Waals surface area contributed by atoms with E-state index in [0.717, 1.165) is 19.4 Å². The summed E-state index contributed by atoms with van der Waals surface area (Å²) in [5.41, 5.74) is 0.942. The molecule has 2 aromatic heterocycles. The summed E-state index contributed by atoms with van der Waals surface area (Å²) in [6, 6.07) is 0. The maximum Gasteiger partial charge on any atom is 0.332 e. The van der Waals surface area contributed by atoms with E-state index in [4.69, 9.17) is 0 Å². The maximum atomic E-state index is 12.9. The summed E-state index contributed by atoms with van der Waals surface area (Å²) < 4.78 is 5.23. The van der Waals surface area contributed by atoms with Gasteiger partial charge in [0.25, 0.3) is 5.56 Å². The molecule has 0 bridgehead atoms. The van der Waals surface area contributed by atoms with Crippen LogP contribution >= 0.6 is 0 Å². The van der Waals surface area contributed by atoms with E-state index in [9.17, 15) is 9.59 Å². The predicted octanol–water partition coefficient (Wildman–Crippen LogP) is 1.59. The van der Waals surface area contributed by atoms with Crippen LogP contribution in [0.2, 0.25) is 0 Å². The third kappa shape index (κ3) is 2.44. The van der Waals surface area contributed by atoms with Crippen molar-refractivity contribution in [2.45, 2.75) is 58.2 Å². The molecule has 3 saturated carbocycles. The minimum atomic E-state index is -0.155. The van der Waals surface area contributed by atoms with E-state index in [1.807, 2.05) is 4.57 Å². The van der Waals surface area contributed by atoms with E-state index < -0.39 is 0 Å². The lowest BCUT2D eigenvalue weighted by molar-refractivity contribution is 0.517. The number of imidazole rings is 1. The lowest BCUT2D eigenvalue weighted by atomic mass is 10.3. The highest BCUT2D eigenvalue weighted by atomic mass is 16.2. The number of rotatable bonds is 6. The Bertz CT molecular complexity index is 878. The molecule has 0 saturated heterocycles. The van der Waals surface area contributed by atoms with Crippen LogP contribution in [0.1, 0.15) is 38.5 Å². The summed E-state index contributed by atoms with van der Waals surface area (Å²) in [6.07, 6.45) is 8.85. The molecule has 0 atom stereocenters. The molecule has 0 N–H and O–H groups in total. The summed E-state index contributed by atoms with van der Waals surface area (Å²) in [6.45, 7) is 2.14. The monoisotopic (exact) mass is 314 g/mol. The van der Waals surface area contributed by atoms with Gasteiger partial charge >= 0.3 is 5.69 Å². The quantitative estimate of drug-likeness (QED) is 0.813. The summed E-state index contributed by atoms with van der Waals surface area (Å²) in [7, 11) is 0. The smallest absolute Gasteiger partial charge is 0.324 e. The third-order valence-corrected chi connectivity index (χ3v) is 5.41. The van der Waals surface area contributed by atoms with Crippen molar-refractivity contribution < 1.29 is 0 Å². The van der Waals surface area contributed by atoms with Crippen LogP contribution < -0.4 is 11.2 Å². The van der Waals surface area contributed by atoms with Crippen LogP contribution in [0.3, 0.4) is 0 Å². The molecule has 6 heteroatoms. The van der Waals surface area contributed by atoms with E-state index in [1.165, 1.54) is 30.3 Å². The van der Waals surface area contributed by atoms with Gasteiger partial charge in [0.05, 0.1) is 6.33 Å². The van der Waals surface area contributed by atoms with Gasteiger partial charge in [0.2, 0.25) is 0 Å². The number of hydrogen-bond donors (Lipinski definition) is 0. The van der Waals surface area contributed by atoms with Crippen molar-refractivity contribution in [3.05, 3.63) is 27.2 Å². The second-order valence-electron chi connectivity index (χ2n) is 7.71. The Morgan fingerprint density at radius 3 is 2.04 bits per heavy atom. The van der Waals surface area contributed by atoms with Crippen LogP contribution in [0.25, 0.3) is 11.2 Å². The van der Waals surface area contributed by atoms with E-state index in [-0.39, 0.29) is 11.2 Å². The average Bonchev–Trinajstić information content (AvgIpc) is 3.38. The standard InChI is InChI=1S/C17H22N4O2/c22-16-14-15(18-10-19(14)7-11-1-2-11)20(8-12-3-4-12)17(23)21(16)9-13-5-6-13/h10-13H,1-9H2. The van der Waals surface area contributed by atoms with E-state index in [0.29, 0.717) is 42.0 Å².